The largest absolute Gasteiger partial charge is 0.456 e. The highest BCUT2D eigenvalue weighted by Crippen LogP contribution is 2.37. The maximum Gasteiger partial charge on any atom is 0.136 e. The van der Waals surface area contributed by atoms with Crippen LogP contribution in [0, 0.1) is 0 Å². The minimum absolute atomic E-state index is 0.936. The zero-order chi connectivity index (χ0) is 18.0. The maximum absolute atomic E-state index is 6.27. The number of aryl methyl sites for hydroxylation is 1. The normalized spacial score (nSPS) is 11.9. The van der Waals surface area contributed by atoms with E-state index in [1.54, 1.807) is 0 Å². The van der Waals surface area contributed by atoms with Crippen molar-refractivity contribution in [2.75, 3.05) is 0 Å². The molecule has 2 aromatic heterocycles. The molecule has 0 radical (unpaired) electrons. The van der Waals surface area contributed by atoms with Gasteiger partial charge in [0.1, 0.15) is 11.2 Å². The molecule has 0 N–H and O–H groups in total. The Labute approximate surface area is 156 Å². The molecule has 0 amide bonds. The second-order valence-electron chi connectivity index (χ2n) is 7.12. The van der Waals surface area contributed by atoms with Crippen molar-refractivity contribution in [2.24, 2.45) is 7.05 Å². The van der Waals surface area contributed by atoms with Gasteiger partial charge in [-0.05, 0) is 41.5 Å². The number of nitrogens with zero attached hydrogens (tertiary/aromatic N) is 1. The molecule has 4 aromatic carbocycles. The maximum atomic E-state index is 6.27. The first-order valence-corrected chi connectivity index (χ1v) is 9.18. The van der Waals surface area contributed by atoms with E-state index in [1.165, 1.54) is 38.3 Å². The van der Waals surface area contributed by atoms with Gasteiger partial charge in [-0.1, -0.05) is 54.6 Å². The summed E-state index contributed by atoms with van der Waals surface area (Å²) in [6.07, 6.45) is 0. The van der Waals surface area contributed by atoms with Gasteiger partial charge in [-0.2, -0.15) is 0 Å². The zero-order valence-corrected chi connectivity index (χ0v) is 14.9. The van der Waals surface area contributed by atoms with Gasteiger partial charge in [-0.3, -0.25) is 0 Å². The van der Waals surface area contributed by atoms with E-state index in [4.69, 9.17) is 4.42 Å². The van der Waals surface area contributed by atoms with Gasteiger partial charge >= 0.3 is 0 Å². The minimum Gasteiger partial charge on any atom is -0.456 e. The van der Waals surface area contributed by atoms with E-state index in [9.17, 15) is 0 Å². The van der Waals surface area contributed by atoms with Crippen LogP contribution in [0.25, 0.3) is 54.9 Å². The number of furan rings is 1. The Bertz CT molecular complexity index is 1470. The Kier molecular flexibility index (Phi) is 2.84. The molecule has 2 heteroatoms. The summed E-state index contributed by atoms with van der Waals surface area (Å²) < 4.78 is 8.54. The number of hydrogen-bond donors (Lipinski definition) is 0. The van der Waals surface area contributed by atoms with Crippen molar-refractivity contribution in [3.63, 3.8) is 0 Å². The smallest absolute Gasteiger partial charge is 0.136 e. The summed E-state index contributed by atoms with van der Waals surface area (Å²) in [5, 5.41) is 4.84. The first kappa shape index (κ1) is 14.6. The van der Waals surface area contributed by atoms with Crippen LogP contribution >= 0.6 is 0 Å². The number of benzene rings is 4. The van der Waals surface area contributed by atoms with Crippen molar-refractivity contribution in [2.45, 2.75) is 0 Å². The number of para-hydroxylation sites is 1. The third-order valence-corrected chi connectivity index (χ3v) is 5.61. The van der Waals surface area contributed by atoms with Crippen molar-refractivity contribution in [3.05, 3.63) is 84.9 Å². The molecule has 0 saturated carbocycles. The van der Waals surface area contributed by atoms with E-state index in [-0.39, 0.29) is 0 Å². The average molecular weight is 347 g/mol. The second kappa shape index (κ2) is 5.24. The summed E-state index contributed by atoms with van der Waals surface area (Å²) in [6.45, 7) is 0. The molecule has 0 aliphatic carbocycles. The quantitative estimate of drug-likeness (QED) is 0.316. The second-order valence-corrected chi connectivity index (χ2v) is 7.12. The van der Waals surface area contributed by atoms with Gasteiger partial charge < -0.3 is 8.98 Å². The van der Waals surface area contributed by atoms with Gasteiger partial charge in [0.05, 0.1) is 0 Å². The van der Waals surface area contributed by atoms with Gasteiger partial charge in [-0.25, -0.2) is 0 Å². The molecule has 6 rings (SSSR count). The molecule has 0 bridgehead atoms. The van der Waals surface area contributed by atoms with E-state index in [0.717, 1.165) is 16.6 Å². The molecule has 0 saturated heterocycles. The number of hydrogen-bond acceptors (Lipinski definition) is 1. The van der Waals surface area contributed by atoms with Crippen molar-refractivity contribution in [3.8, 4) is 11.1 Å². The van der Waals surface area contributed by atoms with E-state index in [0.29, 0.717) is 0 Å². The van der Waals surface area contributed by atoms with E-state index in [2.05, 4.69) is 90.5 Å². The Balaban J connectivity index is 1.67. The summed E-state index contributed by atoms with van der Waals surface area (Å²) in [5.41, 5.74) is 6.74. The van der Waals surface area contributed by atoms with Gasteiger partial charge in [-0.15, -0.1) is 0 Å². The molecular formula is C25H17NO. The Morgan fingerprint density at radius 1 is 0.556 bits per heavy atom. The van der Waals surface area contributed by atoms with Crippen LogP contribution in [0.4, 0.5) is 0 Å². The Morgan fingerprint density at radius 3 is 2.22 bits per heavy atom. The predicted molar refractivity (Wildman–Crippen MR) is 113 cm³/mol. The van der Waals surface area contributed by atoms with Gasteiger partial charge in [0.2, 0.25) is 0 Å². The first-order chi connectivity index (χ1) is 13.3. The number of aromatic nitrogens is 1. The molecule has 128 valence electrons. The summed E-state index contributed by atoms with van der Waals surface area (Å²) >= 11 is 0. The van der Waals surface area contributed by atoms with Gasteiger partial charge in [0, 0.05) is 39.6 Å². The van der Waals surface area contributed by atoms with Crippen LogP contribution in [0.15, 0.2) is 89.3 Å². The average Bonchev–Trinajstić information content (AvgIpc) is 3.22. The van der Waals surface area contributed by atoms with Crippen LogP contribution < -0.4 is 0 Å². The van der Waals surface area contributed by atoms with Crippen LogP contribution in [0.1, 0.15) is 0 Å². The zero-order valence-electron chi connectivity index (χ0n) is 14.9. The van der Waals surface area contributed by atoms with Crippen LogP contribution in [0.3, 0.4) is 0 Å². The van der Waals surface area contributed by atoms with Crippen molar-refractivity contribution in [1.82, 2.24) is 4.57 Å². The molecule has 0 atom stereocenters. The van der Waals surface area contributed by atoms with Crippen LogP contribution in [-0.4, -0.2) is 4.57 Å². The fraction of sp³-hybridized carbons (Fsp3) is 0.0400. The van der Waals surface area contributed by atoms with E-state index >= 15 is 0 Å². The molecule has 6 aromatic rings. The fourth-order valence-electron chi connectivity index (χ4n) is 4.24. The molecule has 0 fully saturated rings. The SMILES string of the molecule is Cn1c2ccccc2c2cc3oc4cc(-c5ccccc5)ccc4c3cc21. The highest BCUT2D eigenvalue weighted by molar-refractivity contribution is 6.16. The molecule has 0 unspecified atom stereocenters. The van der Waals surface area contributed by atoms with E-state index in [1.807, 2.05) is 6.07 Å². The lowest BCUT2D eigenvalue weighted by molar-refractivity contribution is 0.669. The summed E-state index contributed by atoms with van der Waals surface area (Å²) in [5.74, 6) is 0. The lowest BCUT2D eigenvalue weighted by Crippen LogP contribution is -1.85. The molecule has 0 aliphatic rings. The molecule has 0 spiro atoms. The topological polar surface area (TPSA) is 18.1 Å². The summed E-state index contributed by atoms with van der Waals surface area (Å²) in [6, 6.07) is 29.9. The number of rotatable bonds is 1. The third kappa shape index (κ3) is 2.01. The molecule has 27 heavy (non-hydrogen) atoms. The van der Waals surface area contributed by atoms with Crippen LogP contribution in [0.2, 0.25) is 0 Å². The molecule has 2 nitrogen and oxygen atoms in total. The van der Waals surface area contributed by atoms with Crippen molar-refractivity contribution >= 4 is 43.7 Å². The van der Waals surface area contributed by atoms with E-state index < -0.39 is 0 Å². The molecule has 2 heterocycles. The highest BCUT2D eigenvalue weighted by Gasteiger charge is 2.14. The van der Waals surface area contributed by atoms with Gasteiger partial charge in [0.15, 0.2) is 0 Å². The van der Waals surface area contributed by atoms with Crippen molar-refractivity contribution < 1.29 is 4.42 Å². The Hall–Kier alpha value is -3.52. The summed E-state index contributed by atoms with van der Waals surface area (Å²) in [4.78, 5) is 0. The fourth-order valence-corrected chi connectivity index (χ4v) is 4.24. The molecular weight excluding hydrogens is 330 g/mol. The van der Waals surface area contributed by atoms with Gasteiger partial charge in [0.25, 0.3) is 0 Å². The Morgan fingerprint density at radius 2 is 1.33 bits per heavy atom. The summed E-state index contributed by atoms with van der Waals surface area (Å²) in [7, 11) is 2.13. The lowest BCUT2D eigenvalue weighted by atomic mass is 10.0. The lowest BCUT2D eigenvalue weighted by Gasteiger charge is -2.00. The van der Waals surface area contributed by atoms with Crippen LogP contribution in [0.5, 0.6) is 0 Å². The first-order valence-electron chi connectivity index (χ1n) is 9.18. The standard InChI is InChI=1S/C25H17NO/c1-26-22-10-6-5-9-18(22)20-15-25-21(14-23(20)26)19-12-11-17(13-24(19)27-25)16-7-3-2-4-8-16/h2-15H,1H3. The predicted octanol–water partition coefficient (Wildman–Crippen LogP) is 6.90. The van der Waals surface area contributed by atoms with Crippen LogP contribution in [-0.2, 0) is 7.05 Å². The minimum atomic E-state index is 0.936. The highest BCUT2D eigenvalue weighted by atomic mass is 16.3. The molecule has 0 aliphatic heterocycles. The number of fused-ring (bicyclic) bond motifs is 6. The monoisotopic (exact) mass is 347 g/mol. The van der Waals surface area contributed by atoms with Crippen molar-refractivity contribution in [1.29, 1.82) is 0 Å². The third-order valence-electron chi connectivity index (χ3n) is 5.61.